The fourth-order valence-corrected chi connectivity index (χ4v) is 2.02. The van der Waals surface area contributed by atoms with E-state index in [1.165, 1.54) is 5.56 Å². The maximum Gasteiger partial charge on any atom is 0.121 e. The fourth-order valence-electron chi connectivity index (χ4n) is 1.76. The Labute approximate surface area is 110 Å². The predicted molar refractivity (Wildman–Crippen MR) is 72.9 cm³/mol. The molecule has 0 aliphatic rings. The van der Waals surface area contributed by atoms with E-state index < -0.39 is 0 Å². The Balaban J connectivity index is 2.05. The first-order chi connectivity index (χ1) is 8.19. The highest BCUT2D eigenvalue weighted by Crippen LogP contribution is 2.20. The Morgan fingerprint density at radius 2 is 1.88 bits per heavy atom. The van der Waals surface area contributed by atoms with Crippen LogP contribution in [0.3, 0.4) is 0 Å². The fraction of sp³-hybridized carbons (Fsp3) is 0.286. The highest BCUT2D eigenvalue weighted by molar-refractivity contribution is 9.10. The number of nitrogens with two attached hydrogens (primary N) is 1. The molecule has 1 heterocycles. The number of rotatable bonds is 4. The van der Waals surface area contributed by atoms with Crippen LogP contribution in [0.4, 0.5) is 0 Å². The zero-order valence-electron chi connectivity index (χ0n) is 9.82. The van der Waals surface area contributed by atoms with Gasteiger partial charge < -0.3 is 10.2 Å². The summed E-state index contributed by atoms with van der Waals surface area (Å²) in [6.07, 6.45) is 1.70. The summed E-state index contributed by atoms with van der Waals surface area (Å²) < 4.78 is 6.74. The molecule has 0 saturated carbocycles. The molecule has 2 aromatic rings. The van der Waals surface area contributed by atoms with Crippen LogP contribution < -0.4 is 5.73 Å². The molecule has 1 aromatic heterocycles. The molecule has 0 aliphatic heterocycles. The highest BCUT2D eigenvalue weighted by Gasteiger charge is 2.11. The summed E-state index contributed by atoms with van der Waals surface area (Å²) >= 11 is 3.42. The van der Waals surface area contributed by atoms with Gasteiger partial charge in [-0.15, -0.1) is 0 Å². The van der Waals surface area contributed by atoms with Crippen molar-refractivity contribution in [2.24, 2.45) is 5.73 Å². The lowest BCUT2D eigenvalue weighted by molar-refractivity contribution is 0.434. The molecular formula is C14H16BrNO. The van der Waals surface area contributed by atoms with E-state index in [4.69, 9.17) is 10.2 Å². The van der Waals surface area contributed by atoms with Gasteiger partial charge in [0, 0.05) is 10.9 Å². The molecule has 1 unspecified atom stereocenters. The molecule has 17 heavy (non-hydrogen) atoms. The van der Waals surface area contributed by atoms with Crippen molar-refractivity contribution in [3.05, 3.63) is 58.0 Å². The topological polar surface area (TPSA) is 39.2 Å². The molecule has 0 amide bonds. The Hall–Kier alpha value is -1.06. The maximum atomic E-state index is 6.13. The number of furan rings is 1. The molecule has 1 aromatic carbocycles. The van der Waals surface area contributed by atoms with Gasteiger partial charge >= 0.3 is 0 Å². The molecule has 0 aliphatic carbocycles. The Morgan fingerprint density at radius 3 is 2.47 bits per heavy atom. The number of aryl methyl sites for hydroxylation is 1. The van der Waals surface area contributed by atoms with Gasteiger partial charge in [0.05, 0.1) is 6.04 Å². The van der Waals surface area contributed by atoms with Gasteiger partial charge in [-0.05, 0) is 36.2 Å². The van der Waals surface area contributed by atoms with Crippen LogP contribution in [0, 0.1) is 0 Å². The van der Waals surface area contributed by atoms with Crippen molar-refractivity contribution >= 4 is 15.9 Å². The average Bonchev–Trinajstić information content (AvgIpc) is 2.81. The van der Waals surface area contributed by atoms with E-state index in [1.807, 2.05) is 24.3 Å². The lowest BCUT2D eigenvalue weighted by atomic mass is 10.1. The molecule has 2 nitrogen and oxygen atoms in total. The number of hydrogen-bond acceptors (Lipinski definition) is 2. The first-order valence-corrected chi connectivity index (χ1v) is 6.57. The zero-order chi connectivity index (χ0) is 12.3. The second-order valence-electron chi connectivity index (χ2n) is 4.09. The Morgan fingerprint density at radius 1 is 1.18 bits per heavy atom. The predicted octanol–water partition coefficient (Wildman–Crippen LogP) is 3.85. The third-order valence-corrected chi connectivity index (χ3v) is 3.29. The highest BCUT2D eigenvalue weighted by atomic mass is 79.9. The van der Waals surface area contributed by atoms with Crippen molar-refractivity contribution in [2.75, 3.05) is 0 Å². The summed E-state index contributed by atoms with van der Waals surface area (Å²) in [6.45, 7) is 2.07. The summed E-state index contributed by atoms with van der Waals surface area (Å²) in [7, 11) is 0. The maximum absolute atomic E-state index is 6.13. The molecule has 2 N–H and O–H groups in total. The van der Waals surface area contributed by atoms with Crippen LogP contribution in [-0.2, 0) is 12.8 Å². The second-order valence-corrected chi connectivity index (χ2v) is 5.01. The van der Waals surface area contributed by atoms with E-state index in [2.05, 4.69) is 35.0 Å². The van der Waals surface area contributed by atoms with E-state index in [9.17, 15) is 0 Å². The molecule has 0 radical (unpaired) electrons. The first-order valence-electron chi connectivity index (χ1n) is 5.77. The quantitative estimate of drug-likeness (QED) is 0.930. The monoisotopic (exact) mass is 293 g/mol. The molecule has 0 spiro atoms. The van der Waals surface area contributed by atoms with Crippen LogP contribution in [0.15, 0.2) is 45.3 Å². The molecule has 1 atom stereocenters. The zero-order valence-corrected chi connectivity index (χ0v) is 11.4. The van der Waals surface area contributed by atoms with Crippen LogP contribution in [0.2, 0.25) is 0 Å². The molecule has 3 heteroatoms. The van der Waals surface area contributed by atoms with Gasteiger partial charge in [-0.2, -0.15) is 0 Å². The number of halogens is 1. The standard InChI is InChI=1S/C14H16BrNO/c1-2-12-7-8-14(17-12)13(16)9-10-3-5-11(15)6-4-10/h3-8,13H,2,9,16H2,1H3. The largest absolute Gasteiger partial charge is 0.464 e. The molecule has 0 bridgehead atoms. The van der Waals surface area contributed by atoms with Crippen molar-refractivity contribution in [3.63, 3.8) is 0 Å². The van der Waals surface area contributed by atoms with E-state index in [0.717, 1.165) is 28.8 Å². The van der Waals surface area contributed by atoms with E-state index in [-0.39, 0.29) is 6.04 Å². The van der Waals surface area contributed by atoms with Crippen molar-refractivity contribution in [2.45, 2.75) is 25.8 Å². The SMILES string of the molecule is CCc1ccc(C(N)Cc2ccc(Br)cc2)o1. The van der Waals surface area contributed by atoms with Crippen molar-refractivity contribution in [1.29, 1.82) is 0 Å². The lowest BCUT2D eigenvalue weighted by Crippen LogP contribution is -2.12. The van der Waals surface area contributed by atoms with Gasteiger partial charge in [-0.25, -0.2) is 0 Å². The number of benzene rings is 1. The van der Waals surface area contributed by atoms with Gasteiger partial charge in [0.2, 0.25) is 0 Å². The minimum atomic E-state index is -0.0727. The summed E-state index contributed by atoms with van der Waals surface area (Å²) in [4.78, 5) is 0. The normalized spacial score (nSPS) is 12.6. The Kier molecular flexibility index (Phi) is 4.02. The third kappa shape index (κ3) is 3.20. The smallest absolute Gasteiger partial charge is 0.121 e. The molecule has 0 fully saturated rings. The minimum absolute atomic E-state index is 0.0727. The average molecular weight is 294 g/mol. The summed E-state index contributed by atoms with van der Waals surface area (Å²) in [5, 5.41) is 0. The molecule has 90 valence electrons. The van der Waals surface area contributed by atoms with E-state index >= 15 is 0 Å². The van der Waals surface area contributed by atoms with Crippen LogP contribution in [0.5, 0.6) is 0 Å². The number of hydrogen-bond donors (Lipinski definition) is 1. The van der Waals surface area contributed by atoms with Gasteiger partial charge in [0.25, 0.3) is 0 Å². The lowest BCUT2D eigenvalue weighted by Gasteiger charge is -2.08. The van der Waals surface area contributed by atoms with Crippen molar-refractivity contribution < 1.29 is 4.42 Å². The summed E-state index contributed by atoms with van der Waals surface area (Å²) in [5.41, 5.74) is 7.35. The van der Waals surface area contributed by atoms with Crippen molar-refractivity contribution in [3.8, 4) is 0 Å². The summed E-state index contributed by atoms with van der Waals surface area (Å²) in [6, 6.07) is 12.1. The Bertz CT molecular complexity index is 475. The van der Waals surface area contributed by atoms with Crippen LogP contribution in [-0.4, -0.2) is 0 Å². The molecule has 0 saturated heterocycles. The van der Waals surface area contributed by atoms with Gasteiger partial charge in [-0.3, -0.25) is 0 Å². The van der Waals surface area contributed by atoms with E-state index in [1.54, 1.807) is 0 Å². The molecular weight excluding hydrogens is 278 g/mol. The van der Waals surface area contributed by atoms with E-state index in [0.29, 0.717) is 0 Å². The molecule has 2 rings (SSSR count). The van der Waals surface area contributed by atoms with Gasteiger partial charge in [0.15, 0.2) is 0 Å². The van der Waals surface area contributed by atoms with Crippen LogP contribution >= 0.6 is 15.9 Å². The van der Waals surface area contributed by atoms with Crippen LogP contribution in [0.25, 0.3) is 0 Å². The summed E-state index contributed by atoms with van der Waals surface area (Å²) in [5.74, 6) is 1.86. The second kappa shape index (κ2) is 5.52. The minimum Gasteiger partial charge on any atom is -0.464 e. The van der Waals surface area contributed by atoms with Crippen LogP contribution in [0.1, 0.15) is 30.0 Å². The van der Waals surface area contributed by atoms with Crippen molar-refractivity contribution in [1.82, 2.24) is 0 Å². The van der Waals surface area contributed by atoms with Gasteiger partial charge in [0.1, 0.15) is 11.5 Å². The van der Waals surface area contributed by atoms with Gasteiger partial charge in [-0.1, -0.05) is 35.0 Å². The first kappa shape index (κ1) is 12.4. The third-order valence-electron chi connectivity index (χ3n) is 2.77.